The van der Waals surface area contributed by atoms with Gasteiger partial charge in [-0.3, -0.25) is 0 Å². The van der Waals surface area contributed by atoms with Crippen LogP contribution in [-0.2, 0) is 16.1 Å². The summed E-state index contributed by atoms with van der Waals surface area (Å²) in [6, 6.07) is 10.6. The minimum absolute atomic E-state index is 0.117. The molecule has 8 nitrogen and oxygen atoms in total. The third-order valence-corrected chi connectivity index (χ3v) is 4.28. The van der Waals surface area contributed by atoms with Crippen LogP contribution in [0.25, 0.3) is 17.5 Å². The Kier molecular flexibility index (Phi) is 5.35. The summed E-state index contributed by atoms with van der Waals surface area (Å²) >= 11 is 6.11. The average Bonchev–Trinajstić information content (AvgIpc) is 3.40. The van der Waals surface area contributed by atoms with Gasteiger partial charge < -0.3 is 23.5 Å². The van der Waals surface area contributed by atoms with E-state index in [-0.39, 0.29) is 19.3 Å². The quantitative estimate of drug-likeness (QED) is 0.443. The number of aromatic nitrogens is 2. The van der Waals surface area contributed by atoms with E-state index in [1.54, 1.807) is 31.4 Å². The van der Waals surface area contributed by atoms with Gasteiger partial charge in [-0.05, 0) is 35.9 Å². The smallest absolute Gasteiger partial charge is 0.331 e. The molecule has 0 spiro atoms. The van der Waals surface area contributed by atoms with E-state index in [2.05, 4.69) is 10.1 Å². The Labute approximate surface area is 170 Å². The molecule has 1 aromatic heterocycles. The number of benzene rings is 2. The summed E-state index contributed by atoms with van der Waals surface area (Å²) in [5.41, 5.74) is 1.40. The number of esters is 1. The largest absolute Gasteiger partial charge is 0.497 e. The Morgan fingerprint density at radius 3 is 3.03 bits per heavy atom. The van der Waals surface area contributed by atoms with E-state index in [1.807, 2.05) is 18.2 Å². The molecule has 2 aromatic carbocycles. The minimum atomic E-state index is -0.570. The highest BCUT2D eigenvalue weighted by atomic mass is 35.5. The van der Waals surface area contributed by atoms with Crippen LogP contribution in [0.1, 0.15) is 11.5 Å². The Morgan fingerprint density at radius 1 is 1.28 bits per heavy atom. The number of carbonyl (C=O) groups excluding carboxylic acids is 1. The van der Waals surface area contributed by atoms with Crippen LogP contribution in [-0.4, -0.2) is 30.0 Å². The van der Waals surface area contributed by atoms with Crippen LogP contribution in [0.5, 0.6) is 17.2 Å². The van der Waals surface area contributed by atoms with Gasteiger partial charge in [0, 0.05) is 11.6 Å². The van der Waals surface area contributed by atoms with Gasteiger partial charge in [0.1, 0.15) is 5.75 Å². The zero-order valence-corrected chi connectivity index (χ0v) is 16.0. The van der Waals surface area contributed by atoms with Crippen LogP contribution in [0.4, 0.5) is 0 Å². The summed E-state index contributed by atoms with van der Waals surface area (Å²) in [6.45, 7) is -0.0335. The van der Waals surface area contributed by atoms with Crippen molar-refractivity contribution in [2.24, 2.45) is 0 Å². The number of hydrogen-bond acceptors (Lipinski definition) is 8. The number of carbonyl (C=O) groups is 1. The molecule has 29 heavy (non-hydrogen) atoms. The van der Waals surface area contributed by atoms with E-state index in [4.69, 9.17) is 35.1 Å². The molecule has 0 unspecified atom stereocenters. The summed E-state index contributed by atoms with van der Waals surface area (Å²) in [7, 11) is 1.57. The highest BCUT2D eigenvalue weighted by molar-refractivity contribution is 6.32. The van der Waals surface area contributed by atoms with Crippen LogP contribution in [0.3, 0.4) is 0 Å². The first-order valence-corrected chi connectivity index (χ1v) is 8.91. The number of halogens is 1. The molecule has 1 aliphatic rings. The van der Waals surface area contributed by atoms with E-state index >= 15 is 0 Å². The van der Waals surface area contributed by atoms with Crippen molar-refractivity contribution < 1.29 is 28.3 Å². The number of hydrogen-bond donors (Lipinski definition) is 0. The summed E-state index contributed by atoms with van der Waals surface area (Å²) in [5, 5.41) is 4.29. The predicted octanol–water partition coefficient (Wildman–Crippen LogP) is 3.88. The second kappa shape index (κ2) is 8.24. The van der Waals surface area contributed by atoms with Gasteiger partial charge in [0.15, 0.2) is 18.1 Å². The molecule has 0 aliphatic carbocycles. The molecule has 0 saturated carbocycles. The van der Waals surface area contributed by atoms with E-state index in [1.165, 1.54) is 6.08 Å². The fraction of sp³-hybridized carbons (Fsp3) is 0.150. The van der Waals surface area contributed by atoms with E-state index < -0.39 is 5.97 Å². The third kappa shape index (κ3) is 4.33. The maximum Gasteiger partial charge on any atom is 0.331 e. The molecule has 3 aromatic rings. The number of fused-ring (bicyclic) bond motifs is 1. The molecule has 0 amide bonds. The highest BCUT2D eigenvalue weighted by Gasteiger charge is 2.17. The van der Waals surface area contributed by atoms with Crippen molar-refractivity contribution in [2.75, 3.05) is 13.9 Å². The van der Waals surface area contributed by atoms with Crippen LogP contribution >= 0.6 is 11.6 Å². The first-order chi connectivity index (χ1) is 14.1. The molecule has 0 saturated heterocycles. The maximum atomic E-state index is 12.0. The van der Waals surface area contributed by atoms with Gasteiger partial charge in [-0.2, -0.15) is 4.98 Å². The summed E-state index contributed by atoms with van der Waals surface area (Å²) in [5.74, 6) is 1.68. The molecule has 9 heteroatoms. The van der Waals surface area contributed by atoms with Gasteiger partial charge in [-0.15, -0.1) is 0 Å². The number of methoxy groups -OCH3 is 1. The molecule has 1 aliphatic heterocycles. The molecule has 148 valence electrons. The molecular formula is C20H15ClN2O6. The second-order valence-electron chi connectivity index (χ2n) is 5.92. The predicted molar refractivity (Wildman–Crippen MR) is 103 cm³/mol. The zero-order chi connectivity index (χ0) is 20.2. The molecule has 0 fully saturated rings. The van der Waals surface area contributed by atoms with Crippen molar-refractivity contribution in [1.29, 1.82) is 0 Å². The molecule has 0 atom stereocenters. The molecule has 0 radical (unpaired) electrons. The molecular weight excluding hydrogens is 400 g/mol. The van der Waals surface area contributed by atoms with Gasteiger partial charge in [-0.1, -0.05) is 28.9 Å². The molecule has 0 N–H and O–H groups in total. The fourth-order valence-electron chi connectivity index (χ4n) is 2.62. The lowest BCUT2D eigenvalue weighted by molar-refractivity contribution is -0.139. The first-order valence-electron chi connectivity index (χ1n) is 8.53. The summed E-state index contributed by atoms with van der Waals surface area (Å²) in [4.78, 5) is 16.2. The Balaban J connectivity index is 1.36. The minimum Gasteiger partial charge on any atom is -0.497 e. The molecule has 4 rings (SSSR count). The van der Waals surface area contributed by atoms with E-state index in [0.717, 1.165) is 5.56 Å². The lowest BCUT2D eigenvalue weighted by Crippen LogP contribution is -2.01. The Bertz CT molecular complexity index is 1080. The topological polar surface area (TPSA) is 92.9 Å². The Hall–Kier alpha value is -3.52. The lowest BCUT2D eigenvalue weighted by Gasteiger charge is -2.01. The third-order valence-electron chi connectivity index (χ3n) is 4.00. The van der Waals surface area contributed by atoms with Gasteiger partial charge in [0.05, 0.1) is 12.1 Å². The standard InChI is InChI=1S/C20H15ClN2O6/c1-25-14-4-2-3-13(9-14)20-22-17(29-23-20)10-26-18(24)6-5-12-7-15(21)19-16(8-12)27-11-28-19/h2-9H,10-11H2,1H3/b6-5+. The highest BCUT2D eigenvalue weighted by Crippen LogP contribution is 2.40. The van der Waals surface area contributed by atoms with Gasteiger partial charge in [0.25, 0.3) is 5.89 Å². The second-order valence-corrected chi connectivity index (χ2v) is 6.33. The summed E-state index contributed by atoms with van der Waals surface area (Å²) < 4.78 is 26.0. The van der Waals surface area contributed by atoms with Crippen LogP contribution in [0.2, 0.25) is 5.02 Å². The number of ether oxygens (including phenoxy) is 4. The number of nitrogens with zero attached hydrogens (tertiary/aromatic N) is 2. The van der Waals surface area contributed by atoms with Crippen molar-refractivity contribution in [3.05, 3.63) is 59.0 Å². The van der Waals surface area contributed by atoms with Crippen molar-refractivity contribution in [1.82, 2.24) is 10.1 Å². The average molecular weight is 415 g/mol. The van der Waals surface area contributed by atoms with Gasteiger partial charge in [-0.25, -0.2) is 4.79 Å². The number of rotatable bonds is 6. The van der Waals surface area contributed by atoms with Crippen molar-refractivity contribution in [2.45, 2.75) is 6.61 Å². The van der Waals surface area contributed by atoms with Crippen LogP contribution < -0.4 is 14.2 Å². The van der Waals surface area contributed by atoms with E-state index in [0.29, 0.717) is 33.7 Å². The van der Waals surface area contributed by atoms with Crippen molar-refractivity contribution in [3.63, 3.8) is 0 Å². The van der Waals surface area contributed by atoms with E-state index in [9.17, 15) is 4.79 Å². The van der Waals surface area contributed by atoms with Crippen molar-refractivity contribution >= 4 is 23.6 Å². The Morgan fingerprint density at radius 2 is 2.17 bits per heavy atom. The zero-order valence-electron chi connectivity index (χ0n) is 15.3. The normalized spacial score (nSPS) is 12.3. The SMILES string of the molecule is COc1cccc(-c2noc(COC(=O)/C=C/c3cc(Cl)c4c(c3)OCO4)n2)c1. The molecule has 2 heterocycles. The van der Waals surface area contributed by atoms with Crippen LogP contribution in [0.15, 0.2) is 47.0 Å². The van der Waals surface area contributed by atoms with Crippen molar-refractivity contribution in [3.8, 4) is 28.6 Å². The van der Waals surface area contributed by atoms with Crippen LogP contribution in [0, 0.1) is 0 Å². The first kappa shape index (κ1) is 18.8. The lowest BCUT2D eigenvalue weighted by atomic mass is 10.2. The maximum absolute atomic E-state index is 12.0. The molecule has 0 bridgehead atoms. The van der Waals surface area contributed by atoms with Gasteiger partial charge >= 0.3 is 5.97 Å². The van der Waals surface area contributed by atoms with Gasteiger partial charge in [0.2, 0.25) is 12.6 Å². The summed E-state index contributed by atoms with van der Waals surface area (Å²) in [6.07, 6.45) is 2.83. The monoisotopic (exact) mass is 414 g/mol. The fourth-order valence-corrected chi connectivity index (χ4v) is 2.90.